The van der Waals surface area contributed by atoms with Crippen molar-refractivity contribution in [3.63, 3.8) is 0 Å². The summed E-state index contributed by atoms with van der Waals surface area (Å²) in [5.74, 6) is 1.13. The molecule has 1 aromatic carbocycles. The molecular formula is C24H29N3. The molecular weight excluding hydrogens is 330 g/mol. The molecule has 3 heteroatoms. The van der Waals surface area contributed by atoms with Crippen LogP contribution in [0.15, 0.2) is 48.2 Å². The second-order valence-electron chi connectivity index (χ2n) is 7.79. The summed E-state index contributed by atoms with van der Waals surface area (Å²) in [7, 11) is 0. The van der Waals surface area contributed by atoms with E-state index in [2.05, 4.69) is 73.6 Å². The summed E-state index contributed by atoms with van der Waals surface area (Å²) in [5.41, 5.74) is 8.38. The van der Waals surface area contributed by atoms with E-state index in [1.165, 1.54) is 38.9 Å². The summed E-state index contributed by atoms with van der Waals surface area (Å²) in [4.78, 5) is 7.33. The van der Waals surface area contributed by atoms with Crippen molar-refractivity contribution >= 4 is 16.7 Å². The minimum absolute atomic E-state index is 0.916. The van der Waals surface area contributed by atoms with Gasteiger partial charge in [-0.1, -0.05) is 42.8 Å². The third kappa shape index (κ3) is 3.16. The van der Waals surface area contributed by atoms with Gasteiger partial charge >= 0.3 is 0 Å². The molecule has 2 aromatic heterocycles. The highest BCUT2D eigenvalue weighted by atomic mass is 15.2. The van der Waals surface area contributed by atoms with Crippen LogP contribution in [0.1, 0.15) is 43.2 Å². The summed E-state index contributed by atoms with van der Waals surface area (Å²) in [6.45, 7) is 11.7. The minimum Gasteiger partial charge on any atom is -0.350 e. The Morgan fingerprint density at radius 1 is 1.15 bits per heavy atom. The van der Waals surface area contributed by atoms with Gasteiger partial charge in [0.15, 0.2) is 5.82 Å². The van der Waals surface area contributed by atoms with E-state index >= 15 is 0 Å². The molecule has 27 heavy (non-hydrogen) atoms. The third-order valence-electron chi connectivity index (χ3n) is 5.78. The van der Waals surface area contributed by atoms with Gasteiger partial charge in [-0.05, 0) is 56.4 Å². The Hall–Kier alpha value is -2.55. The fourth-order valence-electron chi connectivity index (χ4n) is 4.34. The number of nitrogens with zero attached hydrogens (tertiary/aromatic N) is 3. The quantitative estimate of drug-likeness (QED) is 0.579. The Bertz CT molecular complexity index is 1010. The Labute approximate surface area is 162 Å². The lowest BCUT2D eigenvalue weighted by molar-refractivity contribution is 0.716. The van der Waals surface area contributed by atoms with E-state index in [1.54, 1.807) is 0 Å². The fraction of sp³-hybridized carbons (Fsp3) is 0.375. The number of fused-ring (bicyclic) bond motifs is 2. The van der Waals surface area contributed by atoms with Crippen LogP contribution in [0.2, 0.25) is 0 Å². The summed E-state index contributed by atoms with van der Waals surface area (Å²) in [5, 5.41) is 1.35. The number of benzene rings is 1. The Kier molecular flexibility index (Phi) is 4.77. The number of aromatic nitrogens is 2. The molecule has 0 fully saturated rings. The standard InChI is InChI=1S/C24H29N3/c1-5-22-18(4)21-10-13-25-24(23(21)27(22)15-11-17(2)3)26-14-12-19-8-6-7-9-20(19)16-26/h6-11,13H,5,12,14-16H2,1-4H3. The molecule has 0 amide bonds. The normalized spacial score (nSPS) is 13.7. The zero-order valence-corrected chi connectivity index (χ0v) is 16.9. The van der Waals surface area contributed by atoms with Crippen molar-refractivity contribution in [1.29, 1.82) is 0 Å². The average molecular weight is 360 g/mol. The van der Waals surface area contributed by atoms with Crippen molar-refractivity contribution in [3.05, 3.63) is 70.6 Å². The van der Waals surface area contributed by atoms with E-state index in [0.717, 1.165) is 38.3 Å². The monoisotopic (exact) mass is 359 g/mol. The van der Waals surface area contributed by atoms with E-state index in [9.17, 15) is 0 Å². The molecule has 3 heterocycles. The van der Waals surface area contributed by atoms with Crippen LogP contribution < -0.4 is 4.90 Å². The van der Waals surface area contributed by atoms with Crippen molar-refractivity contribution in [1.82, 2.24) is 9.55 Å². The zero-order valence-electron chi connectivity index (χ0n) is 16.9. The van der Waals surface area contributed by atoms with Gasteiger partial charge < -0.3 is 9.47 Å². The number of anilines is 1. The molecule has 0 unspecified atom stereocenters. The molecule has 0 N–H and O–H groups in total. The molecule has 0 radical (unpaired) electrons. The van der Waals surface area contributed by atoms with Crippen LogP contribution in [-0.2, 0) is 25.9 Å². The van der Waals surface area contributed by atoms with Gasteiger partial charge in [0, 0.05) is 36.9 Å². The summed E-state index contributed by atoms with van der Waals surface area (Å²) < 4.78 is 2.49. The first-order valence-corrected chi connectivity index (χ1v) is 10.0. The van der Waals surface area contributed by atoms with Crippen LogP contribution in [0.4, 0.5) is 5.82 Å². The molecule has 3 nitrogen and oxygen atoms in total. The van der Waals surface area contributed by atoms with Crippen molar-refractivity contribution in [2.45, 2.75) is 53.6 Å². The van der Waals surface area contributed by atoms with Crippen molar-refractivity contribution in [2.24, 2.45) is 0 Å². The first kappa shape index (κ1) is 17.8. The molecule has 140 valence electrons. The van der Waals surface area contributed by atoms with Crippen LogP contribution in [-0.4, -0.2) is 16.1 Å². The highest BCUT2D eigenvalue weighted by molar-refractivity contribution is 5.93. The highest BCUT2D eigenvalue weighted by Crippen LogP contribution is 2.34. The second kappa shape index (κ2) is 7.22. The minimum atomic E-state index is 0.916. The maximum Gasteiger partial charge on any atom is 0.153 e. The molecule has 0 saturated heterocycles. The summed E-state index contributed by atoms with van der Waals surface area (Å²) in [6, 6.07) is 11.0. The summed E-state index contributed by atoms with van der Waals surface area (Å²) in [6.07, 6.45) is 6.43. The lowest BCUT2D eigenvalue weighted by Crippen LogP contribution is -2.31. The maximum atomic E-state index is 4.86. The number of hydrogen-bond acceptors (Lipinski definition) is 2. The zero-order chi connectivity index (χ0) is 19.0. The number of rotatable bonds is 4. The fourth-order valence-corrected chi connectivity index (χ4v) is 4.34. The molecule has 3 aromatic rings. The molecule has 0 atom stereocenters. The number of allylic oxidation sites excluding steroid dienone is 2. The Morgan fingerprint density at radius 3 is 2.67 bits per heavy atom. The Balaban J connectivity index is 1.85. The first-order valence-electron chi connectivity index (χ1n) is 10.0. The summed E-state index contributed by atoms with van der Waals surface area (Å²) >= 11 is 0. The van der Waals surface area contributed by atoms with E-state index < -0.39 is 0 Å². The Morgan fingerprint density at radius 2 is 1.93 bits per heavy atom. The molecule has 0 spiro atoms. The van der Waals surface area contributed by atoms with Gasteiger partial charge in [0.1, 0.15) is 0 Å². The van der Waals surface area contributed by atoms with E-state index in [4.69, 9.17) is 4.98 Å². The molecule has 4 rings (SSSR count). The molecule has 0 aliphatic carbocycles. The second-order valence-corrected chi connectivity index (χ2v) is 7.79. The van der Waals surface area contributed by atoms with E-state index in [-0.39, 0.29) is 0 Å². The molecule has 0 saturated carbocycles. The highest BCUT2D eigenvalue weighted by Gasteiger charge is 2.22. The van der Waals surface area contributed by atoms with Crippen molar-refractivity contribution in [3.8, 4) is 0 Å². The smallest absolute Gasteiger partial charge is 0.153 e. The lowest BCUT2D eigenvalue weighted by Gasteiger charge is -2.30. The predicted molar refractivity (Wildman–Crippen MR) is 114 cm³/mol. The molecule has 1 aliphatic heterocycles. The predicted octanol–water partition coefficient (Wildman–Crippen LogP) is 5.44. The van der Waals surface area contributed by atoms with Gasteiger partial charge in [-0.3, -0.25) is 0 Å². The number of aryl methyl sites for hydroxylation is 1. The van der Waals surface area contributed by atoms with Crippen molar-refractivity contribution < 1.29 is 0 Å². The largest absolute Gasteiger partial charge is 0.350 e. The van der Waals surface area contributed by atoms with Gasteiger partial charge in [-0.25, -0.2) is 4.98 Å². The van der Waals surface area contributed by atoms with Crippen molar-refractivity contribution in [2.75, 3.05) is 11.4 Å². The van der Waals surface area contributed by atoms with E-state index in [0.29, 0.717) is 0 Å². The van der Waals surface area contributed by atoms with Gasteiger partial charge in [-0.2, -0.15) is 0 Å². The van der Waals surface area contributed by atoms with Crippen LogP contribution in [0.5, 0.6) is 0 Å². The van der Waals surface area contributed by atoms with Crippen LogP contribution >= 0.6 is 0 Å². The van der Waals surface area contributed by atoms with E-state index in [1.807, 2.05) is 6.20 Å². The van der Waals surface area contributed by atoms with Gasteiger partial charge in [0.05, 0.1) is 5.52 Å². The number of pyridine rings is 1. The third-order valence-corrected chi connectivity index (χ3v) is 5.78. The number of hydrogen-bond donors (Lipinski definition) is 0. The van der Waals surface area contributed by atoms with Gasteiger partial charge in [0.25, 0.3) is 0 Å². The van der Waals surface area contributed by atoms with Crippen LogP contribution in [0.25, 0.3) is 10.9 Å². The average Bonchev–Trinajstić information content (AvgIpc) is 2.97. The van der Waals surface area contributed by atoms with Gasteiger partial charge in [-0.15, -0.1) is 0 Å². The molecule has 0 bridgehead atoms. The molecule has 1 aliphatic rings. The topological polar surface area (TPSA) is 21.1 Å². The van der Waals surface area contributed by atoms with Gasteiger partial charge in [0.2, 0.25) is 0 Å². The van der Waals surface area contributed by atoms with Crippen LogP contribution in [0, 0.1) is 6.92 Å². The lowest BCUT2D eigenvalue weighted by atomic mass is 10.00. The maximum absolute atomic E-state index is 4.86. The van der Waals surface area contributed by atoms with Crippen LogP contribution in [0.3, 0.4) is 0 Å². The first-order chi connectivity index (χ1) is 13.1. The SMILES string of the molecule is CCc1c(C)c2ccnc(N3CCc4ccccc4C3)c2n1CC=C(C)C.